The Morgan fingerprint density at radius 1 is 0.667 bits per heavy atom. The van der Waals surface area contributed by atoms with Gasteiger partial charge in [0.25, 0.3) is 0 Å². The maximum atomic E-state index is 3.76. The molecule has 0 aliphatic heterocycles. The highest BCUT2D eigenvalue weighted by Crippen LogP contribution is 2.11. The van der Waals surface area contributed by atoms with E-state index in [2.05, 4.69) is 38.2 Å². The van der Waals surface area contributed by atoms with Crippen molar-refractivity contribution in [1.82, 2.24) is 0 Å². The van der Waals surface area contributed by atoms with Gasteiger partial charge in [-0.25, -0.2) is 0 Å². The van der Waals surface area contributed by atoms with E-state index in [1.165, 1.54) is 70.6 Å². The molecule has 0 aliphatic carbocycles. The Hall–Kier alpha value is -0.520. The predicted molar refractivity (Wildman–Crippen MR) is 84.7 cm³/mol. The first kappa shape index (κ1) is 17.5. The first-order valence-electron chi connectivity index (χ1n) is 8.02. The maximum absolute atomic E-state index is 3.76. The molecule has 0 aromatic carbocycles. The molecule has 0 saturated heterocycles. The summed E-state index contributed by atoms with van der Waals surface area (Å²) in [5, 5.41) is 0. The van der Waals surface area contributed by atoms with Gasteiger partial charge < -0.3 is 0 Å². The quantitative estimate of drug-likeness (QED) is 0.254. The van der Waals surface area contributed by atoms with Gasteiger partial charge in [0.05, 0.1) is 0 Å². The van der Waals surface area contributed by atoms with E-state index < -0.39 is 0 Å². The van der Waals surface area contributed by atoms with Crippen molar-refractivity contribution in [2.24, 2.45) is 0 Å². The lowest BCUT2D eigenvalue weighted by atomic mass is 10.1. The van der Waals surface area contributed by atoms with Gasteiger partial charge >= 0.3 is 0 Å². The highest BCUT2D eigenvalue weighted by atomic mass is 14.0. The number of allylic oxidation sites excluding steroid dienone is 4. The molecule has 0 amide bonds. The highest BCUT2D eigenvalue weighted by molar-refractivity contribution is 5.02. The molecule has 105 valence electrons. The molecular weight excluding hydrogens is 216 g/mol. The van der Waals surface area contributed by atoms with Gasteiger partial charge in [-0.1, -0.05) is 89.0 Å². The summed E-state index contributed by atoms with van der Waals surface area (Å²) in [4.78, 5) is 0. The summed E-state index contributed by atoms with van der Waals surface area (Å²) < 4.78 is 0. The summed E-state index contributed by atoms with van der Waals surface area (Å²) in [5.41, 5.74) is 0. The van der Waals surface area contributed by atoms with E-state index in [4.69, 9.17) is 0 Å². The molecule has 0 aliphatic rings. The summed E-state index contributed by atoms with van der Waals surface area (Å²) in [5.74, 6) is 0. The largest absolute Gasteiger partial charge is 0.0845 e. The average molecular weight is 249 g/mol. The van der Waals surface area contributed by atoms with Crippen molar-refractivity contribution in [3.8, 4) is 0 Å². The molecule has 0 saturated carbocycles. The van der Waals surface area contributed by atoms with E-state index in [1.807, 2.05) is 0 Å². The van der Waals surface area contributed by atoms with Crippen LogP contribution < -0.4 is 0 Å². The average Bonchev–Trinajstić information content (AvgIpc) is 2.39. The third-order valence-corrected chi connectivity index (χ3v) is 3.27. The first-order chi connectivity index (χ1) is 8.91. The van der Waals surface area contributed by atoms with E-state index in [0.29, 0.717) is 0 Å². The van der Waals surface area contributed by atoms with Crippen molar-refractivity contribution < 1.29 is 0 Å². The third-order valence-electron chi connectivity index (χ3n) is 3.27. The van der Waals surface area contributed by atoms with E-state index in [9.17, 15) is 0 Å². The molecule has 18 heavy (non-hydrogen) atoms. The van der Waals surface area contributed by atoms with E-state index in [0.717, 1.165) is 6.42 Å². The monoisotopic (exact) mass is 249 g/mol. The standard InChI is InChI=1S/C18H33/c1-3-5-7-9-11-13-15-17-18-16-14-12-10-8-6-4-2/h5,7,9,11H,1,3-4,6,8,10,12-18H2,2H3/b7-5+,11-9+. The van der Waals surface area contributed by atoms with Crippen molar-refractivity contribution in [3.63, 3.8) is 0 Å². The topological polar surface area (TPSA) is 0 Å². The second-order valence-corrected chi connectivity index (χ2v) is 5.12. The second-order valence-electron chi connectivity index (χ2n) is 5.12. The Kier molecular flexibility index (Phi) is 16.0. The fourth-order valence-electron chi connectivity index (χ4n) is 2.10. The van der Waals surface area contributed by atoms with Crippen LogP contribution in [0, 0.1) is 6.92 Å². The fraction of sp³-hybridized carbons (Fsp3) is 0.722. The smallest absolute Gasteiger partial charge is 0.0347 e. The number of rotatable bonds is 13. The van der Waals surface area contributed by atoms with Gasteiger partial charge in [0, 0.05) is 0 Å². The van der Waals surface area contributed by atoms with Gasteiger partial charge in [0.15, 0.2) is 0 Å². The molecule has 0 heterocycles. The summed E-state index contributed by atoms with van der Waals surface area (Å²) in [6.07, 6.45) is 25.0. The maximum Gasteiger partial charge on any atom is -0.0347 e. The van der Waals surface area contributed by atoms with Crippen molar-refractivity contribution >= 4 is 0 Å². The van der Waals surface area contributed by atoms with Gasteiger partial charge in [-0.3, -0.25) is 0 Å². The third kappa shape index (κ3) is 15.5. The van der Waals surface area contributed by atoms with Crippen LogP contribution in [0.2, 0.25) is 0 Å². The highest BCUT2D eigenvalue weighted by Gasteiger charge is 1.91. The minimum absolute atomic E-state index is 0.891. The minimum atomic E-state index is 0.891. The minimum Gasteiger partial charge on any atom is -0.0845 e. The van der Waals surface area contributed by atoms with Crippen molar-refractivity contribution in [2.45, 2.75) is 84.0 Å². The summed E-state index contributed by atoms with van der Waals surface area (Å²) in [7, 11) is 0. The van der Waals surface area contributed by atoms with Crippen LogP contribution in [-0.4, -0.2) is 0 Å². The molecule has 0 bridgehead atoms. The van der Waals surface area contributed by atoms with Crippen LogP contribution >= 0.6 is 0 Å². The summed E-state index contributed by atoms with van der Waals surface area (Å²) in [6, 6.07) is 0. The molecule has 0 rings (SSSR count). The lowest BCUT2D eigenvalue weighted by Crippen LogP contribution is -1.81. The molecule has 1 radical (unpaired) electrons. The second kappa shape index (κ2) is 16.5. The van der Waals surface area contributed by atoms with Crippen LogP contribution in [0.25, 0.3) is 0 Å². The molecule has 0 spiro atoms. The SMILES string of the molecule is [CH2]C/C=C/C=C/CCCCCCCCCCCC. The lowest BCUT2D eigenvalue weighted by molar-refractivity contribution is 0.557. The molecule has 0 unspecified atom stereocenters. The van der Waals surface area contributed by atoms with Crippen molar-refractivity contribution in [2.75, 3.05) is 0 Å². The van der Waals surface area contributed by atoms with Crippen LogP contribution in [0.4, 0.5) is 0 Å². The fourth-order valence-corrected chi connectivity index (χ4v) is 2.10. The van der Waals surface area contributed by atoms with Crippen LogP contribution in [0.15, 0.2) is 24.3 Å². The molecular formula is C18H33. The van der Waals surface area contributed by atoms with Crippen LogP contribution in [0.1, 0.15) is 84.0 Å². The Labute approximate surface area is 116 Å². The van der Waals surface area contributed by atoms with E-state index in [-0.39, 0.29) is 0 Å². The zero-order valence-corrected chi connectivity index (χ0v) is 12.5. The first-order valence-corrected chi connectivity index (χ1v) is 8.02. The van der Waals surface area contributed by atoms with Gasteiger partial charge in [-0.2, -0.15) is 0 Å². The van der Waals surface area contributed by atoms with E-state index in [1.54, 1.807) is 0 Å². The molecule has 0 aromatic rings. The summed E-state index contributed by atoms with van der Waals surface area (Å²) in [6.45, 7) is 6.05. The van der Waals surface area contributed by atoms with Gasteiger partial charge in [0.1, 0.15) is 0 Å². The molecule has 0 nitrogen and oxygen atoms in total. The molecule has 0 aromatic heterocycles. The van der Waals surface area contributed by atoms with Gasteiger partial charge in [-0.05, 0) is 26.2 Å². The molecule has 0 fully saturated rings. The number of hydrogen-bond donors (Lipinski definition) is 0. The van der Waals surface area contributed by atoms with Crippen molar-refractivity contribution in [1.29, 1.82) is 0 Å². The Balaban J connectivity index is 3.03. The van der Waals surface area contributed by atoms with Gasteiger partial charge in [0.2, 0.25) is 0 Å². The van der Waals surface area contributed by atoms with E-state index >= 15 is 0 Å². The van der Waals surface area contributed by atoms with Crippen LogP contribution in [-0.2, 0) is 0 Å². The summed E-state index contributed by atoms with van der Waals surface area (Å²) >= 11 is 0. The Morgan fingerprint density at radius 2 is 1.17 bits per heavy atom. The van der Waals surface area contributed by atoms with Crippen molar-refractivity contribution in [3.05, 3.63) is 31.2 Å². The normalized spacial score (nSPS) is 11.9. The molecule has 0 heteroatoms. The van der Waals surface area contributed by atoms with Crippen LogP contribution in [0.3, 0.4) is 0 Å². The Morgan fingerprint density at radius 3 is 1.72 bits per heavy atom. The Bertz CT molecular complexity index is 188. The number of hydrogen-bond acceptors (Lipinski definition) is 0. The molecule has 0 atom stereocenters. The zero-order valence-electron chi connectivity index (χ0n) is 12.5. The number of unbranched alkanes of at least 4 members (excludes halogenated alkanes) is 10. The van der Waals surface area contributed by atoms with Gasteiger partial charge in [-0.15, -0.1) is 0 Å². The predicted octanol–water partition coefficient (Wildman–Crippen LogP) is 6.63. The van der Waals surface area contributed by atoms with Crippen LogP contribution in [0.5, 0.6) is 0 Å². The lowest BCUT2D eigenvalue weighted by Gasteiger charge is -2.01. The molecule has 0 N–H and O–H groups in total. The zero-order chi connectivity index (χ0) is 13.3.